The number of likely N-dealkylation sites (tertiary alicyclic amines) is 1. The Balaban J connectivity index is 1.92. The summed E-state index contributed by atoms with van der Waals surface area (Å²) in [5, 5.41) is 0. The van der Waals surface area contributed by atoms with Gasteiger partial charge in [0.05, 0.1) is 0 Å². The van der Waals surface area contributed by atoms with Crippen LogP contribution in [0.1, 0.15) is 64.7 Å². The van der Waals surface area contributed by atoms with Crippen molar-refractivity contribution in [3.63, 3.8) is 0 Å². The van der Waals surface area contributed by atoms with Crippen LogP contribution in [-0.2, 0) is 0 Å². The van der Waals surface area contributed by atoms with Crippen LogP contribution in [0.4, 0.5) is 0 Å². The van der Waals surface area contributed by atoms with Crippen LogP contribution >= 0.6 is 0 Å². The van der Waals surface area contributed by atoms with Gasteiger partial charge in [0, 0.05) is 18.6 Å². The second-order valence-electron chi connectivity index (χ2n) is 6.22. The van der Waals surface area contributed by atoms with Crippen LogP contribution in [-0.4, -0.2) is 30.1 Å². The van der Waals surface area contributed by atoms with Crippen molar-refractivity contribution in [2.45, 2.75) is 76.8 Å². The molecule has 2 N–H and O–H groups in total. The molecule has 2 atom stereocenters. The minimum absolute atomic E-state index is 0.761. The summed E-state index contributed by atoms with van der Waals surface area (Å²) in [6.07, 6.45) is 12.8. The summed E-state index contributed by atoms with van der Waals surface area (Å²) in [5.41, 5.74) is 5.87. The van der Waals surface area contributed by atoms with Gasteiger partial charge in [-0.05, 0) is 45.1 Å². The van der Waals surface area contributed by atoms with Gasteiger partial charge in [0.25, 0.3) is 0 Å². The molecule has 17 heavy (non-hydrogen) atoms. The van der Waals surface area contributed by atoms with E-state index in [0.29, 0.717) is 0 Å². The van der Waals surface area contributed by atoms with E-state index < -0.39 is 0 Å². The topological polar surface area (TPSA) is 29.3 Å². The highest BCUT2D eigenvalue weighted by Gasteiger charge is 2.29. The molecule has 2 rings (SSSR count). The summed E-state index contributed by atoms with van der Waals surface area (Å²) in [5.74, 6) is 0.761. The van der Waals surface area contributed by atoms with Gasteiger partial charge in [-0.25, -0.2) is 0 Å². The van der Waals surface area contributed by atoms with Crippen molar-refractivity contribution in [1.82, 2.24) is 4.90 Å². The van der Waals surface area contributed by atoms with Gasteiger partial charge in [-0.2, -0.15) is 0 Å². The maximum atomic E-state index is 5.87. The Morgan fingerprint density at radius 1 is 0.941 bits per heavy atom. The molecule has 0 aromatic rings. The predicted molar refractivity (Wildman–Crippen MR) is 74.1 cm³/mol. The Morgan fingerprint density at radius 3 is 2.24 bits per heavy atom. The van der Waals surface area contributed by atoms with Gasteiger partial charge < -0.3 is 5.73 Å². The molecule has 1 aliphatic heterocycles. The van der Waals surface area contributed by atoms with E-state index in [1.54, 1.807) is 0 Å². The van der Waals surface area contributed by atoms with Gasteiger partial charge in [0.2, 0.25) is 0 Å². The van der Waals surface area contributed by atoms with Crippen LogP contribution in [0.3, 0.4) is 0 Å². The van der Waals surface area contributed by atoms with Crippen molar-refractivity contribution in [3.8, 4) is 0 Å². The molecule has 0 bridgehead atoms. The molecule has 2 heteroatoms. The van der Waals surface area contributed by atoms with E-state index in [1.165, 1.54) is 64.3 Å². The second kappa shape index (κ2) is 6.75. The first-order valence-electron chi connectivity index (χ1n) is 7.77. The average molecular weight is 238 g/mol. The minimum atomic E-state index is 0.761. The van der Waals surface area contributed by atoms with E-state index in [2.05, 4.69) is 11.8 Å². The second-order valence-corrected chi connectivity index (χ2v) is 6.22. The average Bonchev–Trinajstić information content (AvgIpc) is 2.30. The zero-order chi connectivity index (χ0) is 12.1. The molecule has 2 unspecified atom stereocenters. The van der Waals surface area contributed by atoms with E-state index in [9.17, 15) is 0 Å². The Kier molecular flexibility index (Phi) is 5.30. The van der Waals surface area contributed by atoms with Crippen molar-refractivity contribution in [2.24, 2.45) is 11.7 Å². The fourth-order valence-electron chi connectivity index (χ4n) is 3.68. The van der Waals surface area contributed by atoms with Crippen molar-refractivity contribution in [3.05, 3.63) is 0 Å². The smallest absolute Gasteiger partial charge is 0.00982 e. The van der Waals surface area contributed by atoms with Gasteiger partial charge in [-0.15, -0.1) is 0 Å². The van der Waals surface area contributed by atoms with Crippen LogP contribution < -0.4 is 5.73 Å². The summed E-state index contributed by atoms with van der Waals surface area (Å²) >= 11 is 0. The molecular weight excluding hydrogens is 208 g/mol. The third kappa shape index (κ3) is 3.69. The summed E-state index contributed by atoms with van der Waals surface area (Å²) in [4.78, 5) is 2.80. The number of nitrogens with two attached hydrogens (primary N) is 1. The van der Waals surface area contributed by atoms with Gasteiger partial charge in [0.15, 0.2) is 0 Å². The van der Waals surface area contributed by atoms with Gasteiger partial charge in [0.1, 0.15) is 0 Å². The maximum Gasteiger partial charge on any atom is 0.00982 e. The molecule has 2 aliphatic rings. The Hall–Kier alpha value is -0.0800. The first kappa shape index (κ1) is 13.4. The molecule has 0 aromatic carbocycles. The van der Waals surface area contributed by atoms with Crippen molar-refractivity contribution in [2.75, 3.05) is 13.1 Å². The number of piperidine rings is 1. The molecule has 1 saturated carbocycles. The molecule has 1 saturated heterocycles. The quantitative estimate of drug-likeness (QED) is 0.800. The number of hydrogen-bond donors (Lipinski definition) is 1. The minimum Gasteiger partial charge on any atom is -0.330 e. The van der Waals surface area contributed by atoms with E-state index in [-0.39, 0.29) is 0 Å². The fourth-order valence-corrected chi connectivity index (χ4v) is 3.68. The Morgan fingerprint density at radius 2 is 1.59 bits per heavy atom. The molecule has 1 aliphatic carbocycles. The zero-order valence-corrected chi connectivity index (χ0v) is 11.5. The van der Waals surface area contributed by atoms with Crippen LogP contribution in [0.15, 0.2) is 0 Å². The molecule has 2 nitrogen and oxygen atoms in total. The maximum absolute atomic E-state index is 5.87. The normalized spacial score (nSPS) is 34.2. The van der Waals surface area contributed by atoms with E-state index >= 15 is 0 Å². The summed E-state index contributed by atoms with van der Waals surface area (Å²) in [6.45, 7) is 4.57. The molecule has 100 valence electrons. The lowest BCUT2D eigenvalue weighted by Gasteiger charge is -2.43. The number of rotatable bonds is 2. The lowest BCUT2D eigenvalue weighted by molar-refractivity contribution is 0.0606. The predicted octanol–water partition coefficient (Wildman–Crippen LogP) is 3.16. The molecule has 0 aromatic heterocycles. The molecule has 2 fully saturated rings. The van der Waals surface area contributed by atoms with Crippen LogP contribution in [0.2, 0.25) is 0 Å². The van der Waals surface area contributed by atoms with Gasteiger partial charge in [-0.3, -0.25) is 4.90 Å². The SMILES string of the molecule is CC1CCC(CN)CN1C1CCCCCCC1. The molecule has 1 heterocycles. The van der Waals surface area contributed by atoms with Crippen LogP contribution in [0.5, 0.6) is 0 Å². The summed E-state index contributed by atoms with van der Waals surface area (Å²) in [6, 6.07) is 1.65. The first-order chi connectivity index (χ1) is 8.31. The number of hydrogen-bond acceptors (Lipinski definition) is 2. The lowest BCUT2D eigenvalue weighted by Crippen LogP contribution is -2.49. The highest BCUT2D eigenvalue weighted by molar-refractivity contribution is 4.85. The molecule has 0 spiro atoms. The lowest BCUT2D eigenvalue weighted by atomic mass is 9.88. The number of nitrogens with zero attached hydrogens (tertiary/aromatic N) is 1. The standard InChI is InChI=1S/C15H30N2/c1-13-9-10-14(11-16)12-17(13)15-7-5-3-2-4-6-8-15/h13-15H,2-12,16H2,1H3. The first-order valence-corrected chi connectivity index (χ1v) is 7.77. The van der Waals surface area contributed by atoms with Crippen molar-refractivity contribution in [1.29, 1.82) is 0 Å². The highest BCUT2D eigenvalue weighted by atomic mass is 15.2. The van der Waals surface area contributed by atoms with Crippen LogP contribution in [0, 0.1) is 5.92 Å². The zero-order valence-electron chi connectivity index (χ0n) is 11.5. The van der Waals surface area contributed by atoms with Crippen LogP contribution in [0.25, 0.3) is 0 Å². The molecule has 0 radical (unpaired) electrons. The van der Waals surface area contributed by atoms with Gasteiger partial charge in [-0.1, -0.05) is 32.1 Å². The fraction of sp³-hybridized carbons (Fsp3) is 1.00. The Labute approximate surface area is 107 Å². The monoisotopic (exact) mass is 238 g/mol. The largest absolute Gasteiger partial charge is 0.330 e. The van der Waals surface area contributed by atoms with E-state index in [4.69, 9.17) is 5.73 Å². The third-order valence-corrected chi connectivity index (χ3v) is 4.90. The molecule has 0 amide bonds. The summed E-state index contributed by atoms with van der Waals surface area (Å²) in [7, 11) is 0. The molecular formula is C15H30N2. The highest BCUT2D eigenvalue weighted by Crippen LogP contribution is 2.29. The third-order valence-electron chi connectivity index (χ3n) is 4.90. The summed E-state index contributed by atoms with van der Waals surface area (Å²) < 4.78 is 0. The van der Waals surface area contributed by atoms with Gasteiger partial charge >= 0.3 is 0 Å². The van der Waals surface area contributed by atoms with E-state index in [1.807, 2.05) is 0 Å². The Bertz CT molecular complexity index is 209. The van der Waals surface area contributed by atoms with Crippen molar-refractivity contribution >= 4 is 0 Å². The van der Waals surface area contributed by atoms with E-state index in [0.717, 1.165) is 24.5 Å². The van der Waals surface area contributed by atoms with Crippen molar-refractivity contribution < 1.29 is 0 Å².